The zero-order valence-corrected chi connectivity index (χ0v) is 32.9. The molecule has 0 spiro atoms. The second-order valence-corrected chi connectivity index (χ2v) is 17.3. The van der Waals surface area contributed by atoms with Crippen LogP contribution in [0.4, 0.5) is 0 Å². The van der Waals surface area contributed by atoms with Crippen molar-refractivity contribution in [3.63, 3.8) is 0 Å². The Hall–Kier alpha value is -0.440. The average Bonchev–Trinajstić information content (AvgIpc) is 3.86. The molecule has 6 fully saturated rings. The molecule has 0 aromatic rings. The molecule has 296 valence electrons. The fourth-order valence-corrected chi connectivity index (χ4v) is 12.5. The summed E-state index contributed by atoms with van der Waals surface area (Å²) in [4.78, 5) is 0. The van der Waals surface area contributed by atoms with Crippen molar-refractivity contribution >= 4 is 0 Å². The van der Waals surface area contributed by atoms with Gasteiger partial charge in [0.05, 0.1) is 36.6 Å². The lowest BCUT2D eigenvalue weighted by Gasteiger charge is -2.66. The molecule has 11 nitrogen and oxygen atoms in total. The van der Waals surface area contributed by atoms with E-state index in [0.29, 0.717) is 50.6 Å². The highest BCUT2D eigenvalue weighted by Crippen LogP contribution is 2.75. The van der Waals surface area contributed by atoms with Crippen LogP contribution in [0.3, 0.4) is 0 Å². The maximum Gasteiger partial charge on any atom is 0.192 e. The maximum absolute atomic E-state index is 12.8. The Balaban J connectivity index is 1.22. The first-order valence-corrected chi connectivity index (χ1v) is 20.3. The minimum Gasteiger partial charge on any atom is -0.386 e. The molecule has 3 unspecified atom stereocenters. The lowest BCUT2D eigenvalue weighted by Crippen LogP contribution is -2.75. The summed E-state index contributed by atoms with van der Waals surface area (Å²) in [5.74, 6) is 1.19. The molecule has 5 saturated carbocycles. The molecule has 1 heterocycles. The van der Waals surface area contributed by atoms with Crippen LogP contribution in [0, 0.1) is 28.6 Å². The Morgan fingerprint density at radius 2 is 1.39 bits per heavy atom. The summed E-state index contributed by atoms with van der Waals surface area (Å²) < 4.78 is 49.7. The molecule has 6 aliphatic rings. The van der Waals surface area contributed by atoms with Crippen LogP contribution in [0.2, 0.25) is 0 Å². The van der Waals surface area contributed by atoms with Crippen LogP contribution in [0.1, 0.15) is 119 Å². The van der Waals surface area contributed by atoms with Gasteiger partial charge in [0.15, 0.2) is 11.9 Å². The molecule has 0 aromatic heterocycles. The van der Waals surface area contributed by atoms with E-state index in [-0.39, 0.29) is 31.5 Å². The first kappa shape index (κ1) is 40.2. The quantitative estimate of drug-likeness (QED) is 0.111. The van der Waals surface area contributed by atoms with Crippen LogP contribution < -0.4 is 0 Å². The van der Waals surface area contributed by atoms with Gasteiger partial charge in [-0.3, -0.25) is 0 Å². The van der Waals surface area contributed by atoms with Crippen molar-refractivity contribution in [2.75, 3.05) is 53.5 Å². The summed E-state index contributed by atoms with van der Waals surface area (Å²) in [6.45, 7) is 16.4. The Labute approximate surface area is 306 Å². The van der Waals surface area contributed by atoms with Crippen LogP contribution in [0.5, 0.6) is 0 Å². The Morgan fingerprint density at radius 3 is 2.02 bits per heavy atom. The number of fused-ring (bicyclic) bond motifs is 5. The van der Waals surface area contributed by atoms with E-state index in [1.54, 1.807) is 6.92 Å². The van der Waals surface area contributed by atoms with Crippen LogP contribution in [-0.2, 0) is 37.9 Å². The average molecular weight is 727 g/mol. The van der Waals surface area contributed by atoms with E-state index in [9.17, 15) is 15.3 Å². The highest BCUT2D eigenvalue weighted by molar-refractivity contribution is 5.30. The zero-order valence-electron chi connectivity index (χ0n) is 32.9. The first-order chi connectivity index (χ1) is 24.2. The van der Waals surface area contributed by atoms with E-state index in [0.717, 1.165) is 64.2 Å². The lowest BCUT2D eigenvalue weighted by molar-refractivity contribution is -0.386. The van der Waals surface area contributed by atoms with Gasteiger partial charge in [-0.15, -0.1) is 0 Å². The van der Waals surface area contributed by atoms with Crippen LogP contribution in [0.25, 0.3) is 0 Å². The third-order valence-electron chi connectivity index (χ3n) is 15.4. The molecular weight excluding hydrogens is 656 g/mol. The summed E-state index contributed by atoms with van der Waals surface area (Å²) in [6, 6.07) is 0. The minimum absolute atomic E-state index is 0.0461. The van der Waals surface area contributed by atoms with Gasteiger partial charge in [0, 0.05) is 39.0 Å². The summed E-state index contributed by atoms with van der Waals surface area (Å²) >= 11 is 0. The topological polar surface area (TPSA) is 135 Å². The maximum atomic E-state index is 12.8. The molecule has 13 atom stereocenters. The van der Waals surface area contributed by atoms with Crippen molar-refractivity contribution < 1.29 is 53.2 Å². The summed E-state index contributed by atoms with van der Waals surface area (Å²) in [5.41, 5.74) is -5.58. The molecule has 11 heteroatoms. The molecule has 1 saturated heterocycles. The highest BCUT2D eigenvalue weighted by atomic mass is 16.7. The van der Waals surface area contributed by atoms with E-state index in [4.69, 9.17) is 37.9 Å². The predicted molar refractivity (Wildman–Crippen MR) is 190 cm³/mol. The standard InChI is InChI=1S/C40H70O11/c1-9-45-24-37(41)27(5)50-33(38(42,25-46-10-2)32(37)44-8)51-29-15-17-34(6)28(23-29)13-14-31-30(34)16-18-35(7)39(31,49-26-47-11-3)21-22-40(35,43)36(19-20-36)48-12-4/h27-33,41-43H,9-26H2,1-8H3/t27-,28?,29?,30-,31-,32+,33+,34+,35+,37-,38-,39-,40?/m1/s1. The third kappa shape index (κ3) is 6.10. The van der Waals surface area contributed by atoms with E-state index >= 15 is 0 Å². The Bertz CT molecular complexity index is 1190. The molecule has 0 radical (unpaired) electrons. The zero-order chi connectivity index (χ0) is 36.9. The summed E-state index contributed by atoms with van der Waals surface area (Å²) in [6.07, 6.45) is 7.10. The van der Waals surface area contributed by atoms with Crippen molar-refractivity contribution in [1.82, 2.24) is 0 Å². The van der Waals surface area contributed by atoms with Gasteiger partial charge in [-0.1, -0.05) is 13.8 Å². The van der Waals surface area contributed by atoms with Crippen molar-refractivity contribution in [1.29, 1.82) is 0 Å². The molecule has 3 N–H and O–H groups in total. The molecule has 6 rings (SSSR count). The second kappa shape index (κ2) is 14.9. The molecular formula is C40H70O11. The lowest BCUT2D eigenvalue weighted by atomic mass is 9.42. The number of rotatable bonds is 16. The van der Waals surface area contributed by atoms with Gasteiger partial charge in [0.25, 0.3) is 0 Å². The summed E-state index contributed by atoms with van der Waals surface area (Å²) in [7, 11) is 1.49. The van der Waals surface area contributed by atoms with Crippen molar-refractivity contribution in [2.45, 2.75) is 172 Å². The minimum atomic E-state index is -1.75. The fourth-order valence-electron chi connectivity index (χ4n) is 12.5. The van der Waals surface area contributed by atoms with E-state index in [1.165, 1.54) is 7.11 Å². The van der Waals surface area contributed by atoms with E-state index < -0.39 is 51.9 Å². The molecule has 1 aliphatic heterocycles. The summed E-state index contributed by atoms with van der Waals surface area (Å²) in [5, 5.41) is 36.8. The van der Waals surface area contributed by atoms with Gasteiger partial charge >= 0.3 is 0 Å². The molecule has 5 aliphatic carbocycles. The van der Waals surface area contributed by atoms with Crippen molar-refractivity contribution in [3.8, 4) is 0 Å². The van der Waals surface area contributed by atoms with Crippen LogP contribution in [0.15, 0.2) is 0 Å². The third-order valence-corrected chi connectivity index (χ3v) is 15.4. The van der Waals surface area contributed by atoms with Gasteiger partial charge in [-0.05, 0) is 128 Å². The molecule has 0 bridgehead atoms. The van der Waals surface area contributed by atoms with Crippen molar-refractivity contribution in [2.24, 2.45) is 28.6 Å². The van der Waals surface area contributed by atoms with Crippen LogP contribution in [-0.4, -0.2) is 121 Å². The number of hydrogen-bond acceptors (Lipinski definition) is 11. The van der Waals surface area contributed by atoms with E-state index in [1.807, 2.05) is 27.7 Å². The Morgan fingerprint density at radius 1 is 0.706 bits per heavy atom. The number of aliphatic hydroxyl groups is 3. The molecule has 0 amide bonds. The van der Waals surface area contributed by atoms with Crippen LogP contribution >= 0.6 is 0 Å². The van der Waals surface area contributed by atoms with Crippen molar-refractivity contribution in [3.05, 3.63) is 0 Å². The molecule has 51 heavy (non-hydrogen) atoms. The number of methoxy groups -OCH3 is 1. The second-order valence-electron chi connectivity index (χ2n) is 17.3. The number of hydrogen-bond donors (Lipinski definition) is 3. The van der Waals surface area contributed by atoms with Gasteiger partial charge in [0.1, 0.15) is 24.1 Å². The first-order valence-electron chi connectivity index (χ1n) is 20.3. The van der Waals surface area contributed by atoms with Gasteiger partial charge in [-0.25, -0.2) is 0 Å². The SMILES string of the molecule is CCOCO[C@@]12CCC(O)(C3(OCC)CC3)[C@@]1(C)CC[C@@H]1[C@H]2CCC2CC(O[C@@H]3O[C@H](C)[C@](O)(COCC)[C@H](OC)[C@]3(O)COCC)CC[C@@]21C. The smallest absolute Gasteiger partial charge is 0.192 e. The molecule has 0 aromatic carbocycles. The largest absolute Gasteiger partial charge is 0.386 e. The monoisotopic (exact) mass is 726 g/mol. The number of ether oxygens (including phenoxy) is 8. The van der Waals surface area contributed by atoms with Gasteiger partial charge < -0.3 is 53.2 Å². The fraction of sp³-hybridized carbons (Fsp3) is 1.00. The normalized spacial score (nSPS) is 48.9. The van der Waals surface area contributed by atoms with Gasteiger partial charge in [-0.2, -0.15) is 0 Å². The predicted octanol–water partition coefficient (Wildman–Crippen LogP) is 5.14. The van der Waals surface area contributed by atoms with Gasteiger partial charge in [0.2, 0.25) is 0 Å². The van der Waals surface area contributed by atoms with E-state index in [2.05, 4.69) is 13.8 Å². The Kier molecular flexibility index (Phi) is 11.8. The highest BCUT2D eigenvalue weighted by Gasteiger charge is 2.79.